The lowest BCUT2D eigenvalue weighted by Gasteiger charge is -2.11. The fourth-order valence-corrected chi connectivity index (χ4v) is 3.07. The van der Waals surface area contributed by atoms with Gasteiger partial charge in [-0.05, 0) is 42.5 Å². The van der Waals surface area contributed by atoms with Gasteiger partial charge in [-0.2, -0.15) is 0 Å². The smallest absolute Gasteiger partial charge is 0.191 e. The molecule has 6 nitrogen and oxygen atoms in total. The summed E-state index contributed by atoms with van der Waals surface area (Å²) >= 11 is 1.78. The zero-order valence-corrected chi connectivity index (χ0v) is 15.0. The van der Waals surface area contributed by atoms with Crippen LogP contribution >= 0.6 is 11.3 Å². The van der Waals surface area contributed by atoms with Gasteiger partial charge in [-0.3, -0.25) is 4.57 Å². The van der Waals surface area contributed by atoms with Crippen LogP contribution in [0.4, 0.5) is 0 Å². The van der Waals surface area contributed by atoms with Crippen LogP contribution in [-0.4, -0.2) is 33.6 Å². The Bertz CT molecular complexity index is 780. The Balaban J connectivity index is 1.59. The number of guanidine groups is 1. The molecule has 130 valence electrons. The predicted octanol–water partition coefficient (Wildman–Crippen LogP) is 2.63. The van der Waals surface area contributed by atoms with Gasteiger partial charge in [-0.1, -0.05) is 6.07 Å². The van der Waals surface area contributed by atoms with E-state index in [1.54, 1.807) is 30.1 Å². The summed E-state index contributed by atoms with van der Waals surface area (Å²) in [6.07, 6.45) is 8.17. The first-order valence-electron chi connectivity index (χ1n) is 8.33. The van der Waals surface area contributed by atoms with Gasteiger partial charge in [0.15, 0.2) is 5.96 Å². The molecule has 0 fully saturated rings. The molecular formula is C18H22N6S. The van der Waals surface area contributed by atoms with Crippen LogP contribution in [0, 0.1) is 0 Å². The summed E-state index contributed by atoms with van der Waals surface area (Å²) < 4.78 is 1.89. The summed E-state index contributed by atoms with van der Waals surface area (Å²) in [5.74, 6) is 1.68. The van der Waals surface area contributed by atoms with Crippen LogP contribution in [0.1, 0.15) is 17.4 Å². The van der Waals surface area contributed by atoms with E-state index in [-0.39, 0.29) is 0 Å². The number of pyridine rings is 1. The Labute approximate surface area is 151 Å². The second-order valence-electron chi connectivity index (χ2n) is 5.44. The molecule has 0 radical (unpaired) electrons. The van der Waals surface area contributed by atoms with E-state index in [4.69, 9.17) is 0 Å². The molecule has 0 aliphatic rings. The lowest BCUT2D eigenvalue weighted by Crippen LogP contribution is -2.38. The average molecular weight is 354 g/mol. The van der Waals surface area contributed by atoms with Crippen LogP contribution in [0.2, 0.25) is 0 Å². The van der Waals surface area contributed by atoms with Crippen molar-refractivity contribution in [3.8, 4) is 5.82 Å². The summed E-state index contributed by atoms with van der Waals surface area (Å²) in [4.78, 5) is 14.5. The van der Waals surface area contributed by atoms with Crippen LogP contribution in [-0.2, 0) is 13.0 Å². The Morgan fingerprint density at radius 1 is 1.28 bits per heavy atom. The van der Waals surface area contributed by atoms with Gasteiger partial charge < -0.3 is 10.6 Å². The SMILES string of the molecule is CCNC(=NCc1ccnc(-n2ccnc2)c1)NCCc1cccs1. The van der Waals surface area contributed by atoms with Gasteiger partial charge in [0.05, 0.1) is 6.54 Å². The van der Waals surface area contributed by atoms with Crippen molar-refractivity contribution in [1.29, 1.82) is 0 Å². The number of aromatic nitrogens is 3. The number of thiophene rings is 1. The van der Waals surface area contributed by atoms with E-state index < -0.39 is 0 Å². The zero-order valence-electron chi connectivity index (χ0n) is 14.2. The van der Waals surface area contributed by atoms with E-state index in [9.17, 15) is 0 Å². The number of hydrogen-bond donors (Lipinski definition) is 2. The van der Waals surface area contributed by atoms with Crippen LogP contribution in [0.15, 0.2) is 59.6 Å². The summed E-state index contributed by atoms with van der Waals surface area (Å²) in [7, 11) is 0. The molecule has 0 saturated heterocycles. The summed E-state index contributed by atoms with van der Waals surface area (Å²) in [5.41, 5.74) is 1.11. The molecule has 0 aromatic carbocycles. The molecule has 2 N–H and O–H groups in total. The summed E-state index contributed by atoms with van der Waals surface area (Å²) in [5, 5.41) is 8.78. The molecule has 0 amide bonds. The highest BCUT2D eigenvalue weighted by molar-refractivity contribution is 7.09. The Morgan fingerprint density at radius 3 is 3.00 bits per heavy atom. The molecule has 3 heterocycles. The van der Waals surface area contributed by atoms with Crippen molar-refractivity contribution in [3.63, 3.8) is 0 Å². The standard InChI is InChI=1S/C18H22N6S/c1-2-20-18(22-8-6-16-4-3-11-25-16)23-13-15-5-7-21-17(12-15)24-10-9-19-14-24/h3-5,7,9-12,14H,2,6,8,13H2,1H3,(H2,20,22,23). The van der Waals surface area contributed by atoms with Gasteiger partial charge >= 0.3 is 0 Å². The molecular weight excluding hydrogens is 332 g/mol. The fourth-order valence-electron chi connectivity index (χ4n) is 2.37. The third-order valence-electron chi connectivity index (χ3n) is 3.59. The lowest BCUT2D eigenvalue weighted by molar-refractivity contribution is 0.804. The summed E-state index contributed by atoms with van der Waals surface area (Å²) in [6, 6.07) is 8.26. The zero-order chi connectivity index (χ0) is 17.3. The van der Waals surface area contributed by atoms with Crippen LogP contribution in [0.25, 0.3) is 5.82 Å². The van der Waals surface area contributed by atoms with Gasteiger partial charge in [-0.15, -0.1) is 11.3 Å². The molecule has 0 atom stereocenters. The number of nitrogens with zero attached hydrogens (tertiary/aromatic N) is 4. The predicted molar refractivity (Wildman–Crippen MR) is 102 cm³/mol. The largest absolute Gasteiger partial charge is 0.357 e. The van der Waals surface area contributed by atoms with Crippen LogP contribution < -0.4 is 10.6 Å². The molecule has 0 bridgehead atoms. The van der Waals surface area contributed by atoms with Crippen LogP contribution in [0.5, 0.6) is 0 Å². The highest BCUT2D eigenvalue weighted by Gasteiger charge is 2.01. The first-order chi connectivity index (χ1) is 12.3. The van der Waals surface area contributed by atoms with E-state index >= 15 is 0 Å². The average Bonchev–Trinajstić information content (AvgIpc) is 3.34. The minimum Gasteiger partial charge on any atom is -0.357 e. The number of imidazole rings is 1. The molecule has 3 aromatic rings. The molecule has 7 heteroatoms. The molecule has 3 aromatic heterocycles. The molecule has 0 spiro atoms. The second kappa shape index (κ2) is 8.98. The minimum atomic E-state index is 0.596. The van der Waals surface area contributed by atoms with Crippen molar-refractivity contribution >= 4 is 17.3 Å². The molecule has 0 aliphatic carbocycles. The van der Waals surface area contributed by atoms with Gasteiger partial charge in [0.25, 0.3) is 0 Å². The highest BCUT2D eigenvalue weighted by Crippen LogP contribution is 2.09. The second-order valence-corrected chi connectivity index (χ2v) is 6.48. The third kappa shape index (κ3) is 5.15. The van der Waals surface area contributed by atoms with E-state index in [0.29, 0.717) is 6.54 Å². The lowest BCUT2D eigenvalue weighted by atomic mass is 10.2. The van der Waals surface area contributed by atoms with Crippen molar-refractivity contribution in [3.05, 3.63) is 65.0 Å². The van der Waals surface area contributed by atoms with Crippen LogP contribution in [0.3, 0.4) is 0 Å². The first-order valence-corrected chi connectivity index (χ1v) is 9.21. The van der Waals surface area contributed by atoms with Crippen molar-refractivity contribution in [1.82, 2.24) is 25.2 Å². The number of rotatable bonds is 7. The van der Waals surface area contributed by atoms with E-state index in [1.807, 2.05) is 22.9 Å². The first kappa shape index (κ1) is 17.2. The number of aliphatic imine (C=N–C) groups is 1. The van der Waals surface area contributed by atoms with Gasteiger partial charge in [0.2, 0.25) is 0 Å². The van der Waals surface area contributed by atoms with Crippen molar-refractivity contribution in [2.24, 2.45) is 4.99 Å². The molecule has 25 heavy (non-hydrogen) atoms. The maximum atomic E-state index is 4.67. The van der Waals surface area contributed by atoms with Gasteiger partial charge in [0.1, 0.15) is 12.1 Å². The minimum absolute atomic E-state index is 0.596. The number of nitrogens with one attached hydrogen (secondary N) is 2. The van der Waals surface area contributed by atoms with Gasteiger partial charge in [-0.25, -0.2) is 15.0 Å². The van der Waals surface area contributed by atoms with Crippen molar-refractivity contribution in [2.75, 3.05) is 13.1 Å². The third-order valence-corrected chi connectivity index (χ3v) is 4.52. The quantitative estimate of drug-likeness (QED) is 0.506. The Kier molecular flexibility index (Phi) is 6.17. The normalized spacial score (nSPS) is 11.5. The van der Waals surface area contributed by atoms with Crippen molar-refractivity contribution < 1.29 is 0 Å². The van der Waals surface area contributed by atoms with E-state index in [1.165, 1.54) is 4.88 Å². The topological polar surface area (TPSA) is 67.1 Å². The number of hydrogen-bond acceptors (Lipinski definition) is 4. The molecule has 0 aliphatic heterocycles. The maximum Gasteiger partial charge on any atom is 0.191 e. The van der Waals surface area contributed by atoms with E-state index in [2.05, 4.69) is 50.0 Å². The van der Waals surface area contributed by atoms with E-state index in [0.717, 1.165) is 36.9 Å². The fraction of sp³-hybridized carbons (Fsp3) is 0.278. The van der Waals surface area contributed by atoms with Crippen molar-refractivity contribution in [2.45, 2.75) is 19.9 Å². The maximum absolute atomic E-state index is 4.67. The van der Waals surface area contributed by atoms with Gasteiger partial charge in [0, 0.05) is 36.6 Å². The summed E-state index contributed by atoms with van der Waals surface area (Å²) in [6.45, 7) is 4.36. The highest BCUT2D eigenvalue weighted by atomic mass is 32.1. The Hall–Kier alpha value is -2.67. The molecule has 3 rings (SSSR count). The Morgan fingerprint density at radius 2 is 2.24 bits per heavy atom. The molecule has 0 unspecified atom stereocenters. The molecule has 0 saturated carbocycles. The monoisotopic (exact) mass is 354 g/mol.